The van der Waals surface area contributed by atoms with E-state index in [-0.39, 0.29) is 12.5 Å². The van der Waals surface area contributed by atoms with E-state index in [9.17, 15) is 14.7 Å². The largest absolute Gasteiger partial charge is 0.494 e. The molecule has 168 valence electrons. The fourth-order valence-electron chi connectivity index (χ4n) is 3.23. The molecule has 8 heteroatoms. The Balaban J connectivity index is 2.15. The normalized spacial score (nSPS) is 19.6. The van der Waals surface area contributed by atoms with Gasteiger partial charge in [-0.2, -0.15) is 0 Å². The summed E-state index contributed by atoms with van der Waals surface area (Å²) in [5.74, 6) is 0.698. The molecule has 1 aliphatic heterocycles. The molecule has 0 bridgehead atoms. The van der Waals surface area contributed by atoms with E-state index in [0.29, 0.717) is 49.7 Å². The van der Waals surface area contributed by atoms with E-state index in [0.717, 1.165) is 0 Å². The molecule has 2 atom stereocenters. The third kappa shape index (κ3) is 7.09. The number of carbonyl (C=O) groups excluding carboxylic acids is 2. The molecular weight excluding hydrogens is 388 g/mol. The fourth-order valence-corrected chi connectivity index (χ4v) is 3.23. The van der Waals surface area contributed by atoms with Crippen LogP contribution in [0.5, 0.6) is 11.5 Å². The highest BCUT2D eigenvalue weighted by molar-refractivity contribution is 5.95. The van der Waals surface area contributed by atoms with Crippen LogP contribution < -0.4 is 14.8 Å². The van der Waals surface area contributed by atoms with E-state index in [1.807, 2.05) is 13.8 Å². The van der Waals surface area contributed by atoms with Crippen LogP contribution in [0.4, 0.5) is 4.79 Å². The molecule has 2 amide bonds. The predicted octanol–water partition coefficient (Wildman–Crippen LogP) is 2.97. The van der Waals surface area contributed by atoms with Crippen molar-refractivity contribution in [3.05, 3.63) is 23.8 Å². The summed E-state index contributed by atoms with van der Waals surface area (Å²) in [6, 6.07) is 4.39. The van der Waals surface area contributed by atoms with E-state index in [1.54, 1.807) is 39.0 Å². The van der Waals surface area contributed by atoms with Crippen LogP contribution >= 0.6 is 0 Å². The smallest absolute Gasteiger partial charge is 0.410 e. The van der Waals surface area contributed by atoms with Crippen molar-refractivity contribution in [1.29, 1.82) is 0 Å². The van der Waals surface area contributed by atoms with Gasteiger partial charge in [0.2, 0.25) is 0 Å². The van der Waals surface area contributed by atoms with Crippen molar-refractivity contribution in [1.82, 2.24) is 10.2 Å². The number of nitrogens with one attached hydrogen (secondary N) is 1. The highest BCUT2D eigenvalue weighted by atomic mass is 16.6. The zero-order valence-corrected chi connectivity index (χ0v) is 18.6. The summed E-state index contributed by atoms with van der Waals surface area (Å²) in [7, 11) is 0. The molecule has 1 aromatic carbocycles. The monoisotopic (exact) mass is 422 g/mol. The first-order chi connectivity index (χ1) is 14.1. The summed E-state index contributed by atoms with van der Waals surface area (Å²) >= 11 is 0. The molecule has 1 saturated heterocycles. The van der Waals surface area contributed by atoms with E-state index in [4.69, 9.17) is 14.2 Å². The molecule has 30 heavy (non-hydrogen) atoms. The number of hydrogen-bond donors (Lipinski definition) is 2. The Bertz CT molecular complexity index is 707. The number of hydrogen-bond acceptors (Lipinski definition) is 6. The van der Waals surface area contributed by atoms with Crippen molar-refractivity contribution in [2.45, 2.75) is 65.2 Å². The Labute approximate surface area is 178 Å². The van der Waals surface area contributed by atoms with E-state index in [1.165, 1.54) is 4.90 Å². The second-order valence-corrected chi connectivity index (χ2v) is 8.28. The standard InChI is InChI=1S/C22H34N2O6/c1-6-28-16-11-15(12-17(13-16)29-7-2)20(26)23-18-14-24(10-8-9-19(18)25)21(27)30-22(3,4)5/h11-13,18-19,25H,6-10,14H2,1-5H3,(H,23,26)/t18-,19-/m1/s1. The Morgan fingerprint density at radius 2 is 1.73 bits per heavy atom. The zero-order chi connectivity index (χ0) is 22.3. The molecule has 1 aromatic rings. The number of amides is 2. The number of likely N-dealkylation sites (tertiary alicyclic amines) is 1. The van der Waals surface area contributed by atoms with Gasteiger partial charge in [0.15, 0.2) is 0 Å². The summed E-state index contributed by atoms with van der Waals surface area (Å²) in [5.41, 5.74) is -0.250. The van der Waals surface area contributed by atoms with Gasteiger partial charge in [0.05, 0.1) is 25.4 Å². The molecule has 0 aromatic heterocycles. The summed E-state index contributed by atoms with van der Waals surface area (Å²) in [6.45, 7) is 10.7. The molecular formula is C22H34N2O6. The highest BCUT2D eigenvalue weighted by Gasteiger charge is 2.31. The van der Waals surface area contributed by atoms with Crippen molar-refractivity contribution in [3.63, 3.8) is 0 Å². The Morgan fingerprint density at radius 3 is 2.27 bits per heavy atom. The second-order valence-electron chi connectivity index (χ2n) is 8.28. The lowest BCUT2D eigenvalue weighted by molar-refractivity contribution is 0.0223. The quantitative estimate of drug-likeness (QED) is 0.732. The summed E-state index contributed by atoms with van der Waals surface area (Å²) in [4.78, 5) is 26.9. The minimum atomic E-state index is -0.761. The lowest BCUT2D eigenvalue weighted by Crippen LogP contribution is -2.50. The van der Waals surface area contributed by atoms with Crippen LogP contribution in [-0.4, -0.2) is 66.1 Å². The molecule has 0 saturated carbocycles. The molecule has 0 spiro atoms. The minimum absolute atomic E-state index is 0.172. The van der Waals surface area contributed by atoms with Crippen LogP contribution in [-0.2, 0) is 4.74 Å². The summed E-state index contributed by atoms with van der Waals surface area (Å²) in [5, 5.41) is 13.4. The average molecular weight is 423 g/mol. The molecule has 0 radical (unpaired) electrons. The maximum atomic E-state index is 12.9. The van der Waals surface area contributed by atoms with Crippen molar-refractivity contribution in [2.24, 2.45) is 0 Å². The van der Waals surface area contributed by atoms with Gasteiger partial charge in [-0.25, -0.2) is 4.79 Å². The van der Waals surface area contributed by atoms with Gasteiger partial charge in [-0.05, 0) is 59.6 Å². The SMILES string of the molecule is CCOc1cc(OCC)cc(C(=O)N[C@@H]2CN(C(=O)OC(C)(C)C)CCC[C@H]2O)c1. The topological polar surface area (TPSA) is 97.3 Å². The summed E-state index contributed by atoms with van der Waals surface area (Å²) in [6.07, 6.45) is -0.107. The first-order valence-corrected chi connectivity index (χ1v) is 10.5. The van der Waals surface area contributed by atoms with Gasteiger partial charge in [-0.3, -0.25) is 4.79 Å². The number of nitrogens with zero attached hydrogens (tertiary/aromatic N) is 1. The molecule has 8 nitrogen and oxygen atoms in total. The van der Waals surface area contributed by atoms with Gasteiger partial charge in [0.25, 0.3) is 5.91 Å². The predicted molar refractivity (Wildman–Crippen MR) is 113 cm³/mol. The number of benzene rings is 1. The third-order valence-corrected chi connectivity index (χ3v) is 4.54. The van der Waals surface area contributed by atoms with Crippen LogP contribution in [0.1, 0.15) is 57.8 Å². The number of aliphatic hydroxyl groups is 1. The Hall–Kier alpha value is -2.48. The Kier molecular flexibility index (Phi) is 8.34. The van der Waals surface area contributed by atoms with Gasteiger partial charge >= 0.3 is 6.09 Å². The minimum Gasteiger partial charge on any atom is -0.494 e. The number of carbonyl (C=O) groups is 2. The molecule has 1 aliphatic rings. The lowest BCUT2D eigenvalue weighted by atomic mass is 10.1. The molecule has 2 N–H and O–H groups in total. The summed E-state index contributed by atoms with van der Waals surface area (Å²) < 4.78 is 16.5. The van der Waals surface area contributed by atoms with Gasteiger partial charge in [-0.15, -0.1) is 0 Å². The molecule has 1 heterocycles. The van der Waals surface area contributed by atoms with Crippen molar-refractivity contribution < 1.29 is 28.9 Å². The van der Waals surface area contributed by atoms with Crippen LogP contribution in [0.15, 0.2) is 18.2 Å². The van der Waals surface area contributed by atoms with Gasteiger partial charge in [-0.1, -0.05) is 0 Å². The first-order valence-electron chi connectivity index (χ1n) is 10.5. The molecule has 0 aliphatic carbocycles. The number of ether oxygens (including phenoxy) is 3. The number of aliphatic hydroxyl groups excluding tert-OH is 1. The van der Waals surface area contributed by atoms with Crippen LogP contribution in [0.3, 0.4) is 0 Å². The van der Waals surface area contributed by atoms with Gasteiger partial charge in [0.1, 0.15) is 17.1 Å². The lowest BCUT2D eigenvalue weighted by Gasteiger charge is -2.29. The molecule has 2 rings (SSSR count). The molecule has 0 unspecified atom stereocenters. The Morgan fingerprint density at radius 1 is 1.13 bits per heavy atom. The van der Waals surface area contributed by atoms with Crippen molar-refractivity contribution >= 4 is 12.0 Å². The van der Waals surface area contributed by atoms with Crippen LogP contribution in [0, 0.1) is 0 Å². The highest BCUT2D eigenvalue weighted by Crippen LogP contribution is 2.24. The maximum absolute atomic E-state index is 12.9. The van der Waals surface area contributed by atoms with Crippen LogP contribution in [0.2, 0.25) is 0 Å². The fraction of sp³-hybridized carbons (Fsp3) is 0.636. The van der Waals surface area contributed by atoms with Crippen molar-refractivity contribution in [3.8, 4) is 11.5 Å². The average Bonchev–Trinajstić information content (AvgIpc) is 2.82. The van der Waals surface area contributed by atoms with Gasteiger partial charge in [0, 0.05) is 24.7 Å². The van der Waals surface area contributed by atoms with E-state index in [2.05, 4.69) is 5.32 Å². The van der Waals surface area contributed by atoms with E-state index >= 15 is 0 Å². The first kappa shape index (κ1) is 23.8. The third-order valence-electron chi connectivity index (χ3n) is 4.54. The van der Waals surface area contributed by atoms with Crippen LogP contribution in [0.25, 0.3) is 0 Å². The molecule has 1 fully saturated rings. The van der Waals surface area contributed by atoms with E-state index < -0.39 is 23.8 Å². The zero-order valence-electron chi connectivity index (χ0n) is 18.6. The number of rotatable bonds is 6. The second kappa shape index (κ2) is 10.5. The maximum Gasteiger partial charge on any atom is 0.410 e. The van der Waals surface area contributed by atoms with Crippen molar-refractivity contribution in [2.75, 3.05) is 26.3 Å². The van der Waals surface area contributed by atoms with Gasteiger partial charge < -0.3 is 29.5 Å².